The van der Waals surface area contributed by atoms with Crippen LogP contribution in [0, 0.1) is 6.92 Å². The van der Waals surface area contributed by atoms with Crippen LogP contribution in [-0.4, -0.2) is 0 Å². The monoisotopic (exact) mass is 238 g/mol. The first-order valence-corrected chi connectivity index (χ1v) is 5.99. The molecule has 1 aromatic heterocycles. The molecule has 0 aliphatic carbocycles. The zero-order chi connectivity index (χ0) is 12.4. The van der Waals surface area contributed by atoms with Crippen molar-refractivity contribution in [3.8, 4) is 5.75 Å². The Hall–Kier alpha value is -2.22. The highest BCUT2D eigenvalue weighted by atomic mass is 16.5. The van der Waals surface area contributed by atoms with Crippen molar-refractivity contribution in [1.82, 2.24) is 0 Å². The number of ether oxygens (including phenoxy) is 1. The standard InChI is InChI=1S/C16H14O2/c1-12-6-5-9-16-15(12)10-14(18-16)11-17-13-7-3-2-4-8-13/h2-10H,11H2,1H3. The number of hydrogen-bond acceptors (Lipinski definition) is 2. The van der Waals surface area contributed by atoms with Crippen LogP contribution >= 0.6 is 0 Å². The molecular formula is C16H14O2. The van der Waals surface area contributed by atoms with Gasteiger partial charge < -0.3 is 9.15 Å². The molecule has 3 aromatic rings. The van der Waals surface area contributed by atoms with Crippen LogP contribution in [0.4, 0.5) is 0 Å². The van der Waals surface area contributed by atoms with Crippen LogP contribution < -0.4 is 4.74 Å². The number of benzene rings is 2. The summed E-state index contributed by atoms with van der Waals surface area (Å²) in [5.41, 5.74) is 2.14. The van der Waals surface area contributed by atoms with Gasteiger partial charge in [-0.15, -0.1) is 0 Å². The van der Waals surface area contributed by atoms with Crippen molar-refractivity contribution in [3.63, 3.8) is 0 Å². The van der Waals surface area contributed by atoms with Crippen molar-refractivity contribution in [2.45, 2.75) is 13.5 Å². The zero-order valence-electron chi connectivity index (χ0n) is 10.2. The number of rotatable bonds is 3. The maximum Gasteiger partial charge on any atom is 0.146 e. The summed E-state index contributed by atoms with van der Waals surface area (Å²) in [6.45, 7) is 2.54. The number of aryl methyl sites for hydroxylation is 1. The number of fused-ring (bicyclic) bond motifs is 1. The van der Waals surface area contributed by atoms with E-state index in [0.717, 1.165) is 22.5 Å². The van der Waals surface area contributed by atoms with Gasteiger partial charge in [0.1, 0.15) is 23.7 Å². The smallest absolute Gasteiger partial charge is 0.146 e. The summed E-state index contributed by atoms with van der Waals surface area (Å²) in [5, 5.41) is 1.16. The molecule has 2 aromatic carbocycles. The maximum atomic E-state index is 5.75. The van der Waals surface area contributed by atoms with Crippen LogP contribution in [0.1, 0.15) is 11.3 Å². The Labute approximate surface area is 106 Å². The van der Waals surface area contributed by atoms with E-state index in [4.69, 9.17) is 9.15 Å². The van der Waals surface area contributed by atoms with Crippen LogP contribution in [-0.2, 0) is 6.61 Å². The quantitative estimate of drug-likeness (QED) is 0.678. The van der Waals surface area contributed by atoms with Crippen molar-refractivity contribution in [2.24, 2.45) is 0 Å². The van der Waals surface area contributed by atoms with E-state index in [0.29, 0.717) is 6.61 Å². The predicted molar refractivity (Wildman–Crippen MR) is 71.7 cm³/mol. The molecule has 0 amide bonds. The molecule has 0 unspecified atom stereocenters. The van der Waals surface area contributed by atoms with Crippen LogP contribution in [0.5, 0.6) is 5.75 Å². The normalized spacial score (nSPS) is 10.7. The lowest BCUT2D eigenvalue weighted by Gasteiger charge is -2.02. The van der Waals surface area contributed by atoms with E-state index in [9.17, 15) is 0 Å². The molecule has 0 aliphatic heterocycles. The molecule has 0 atom stereocenters. The lowest BCUT2D eigenvalue weighted by Crippen LogP contribution is -1.92. The van der Waals surface area contributed by atoms with Crippen LogP contribution in [0.15, 0.2) is 59.0 Å². The van der Waals surface area contributed by atoms with Gasteiger partial charge in [0.05, 0.1) is 0 Å². The van der Waals surface area contributed by atoms with Gasteiger partial charge in [-0.05, 0) is 36.8 Å². The van der Waals surface area contributed by atoms with Crippen LogP contribution in [0.25, 0.3) is 11.0 Å². The highest BCUT2D eigenvalue weighted by Crippen LogP contribution is 2.23. The van der Waals surface area contributed by atoms with Crippen molar-refractivity contribution in [3.05, 3.63) is 65.9 Å². The maximum absolute atomic E-state index is 5.75. The minimum Gasteiger partial charge on any atom is -0.486 e. The largest absolute Gasteiger partial charge is 0.486 e. The third kappa shape index (κ3) is 2.09. The minimum absolute atomic E-state index is 0.456. The first kappa shape index (κ1) is 10.9. The lowest BCUT2D eigenvalue weighted by molar-refractivity contribution is 0.274. The van der Waals surface area contributed by atoms with Gasteiger partial charge in [0, 0.05) is 5.39 Å². The summed E-state index contributed by atoms with van der Waals surface area (Å²) in [4.78, 5) is 0. The fourth-order valence-electron chi connectivity index (χ4n) is 2.00. The first-order chi connectivity index (χ1) is 8.83. The number of furan rings is 1. The SMILES string of the molecule is Cc1cccc2oc(COc3ccccc3)cc12. The Balaban J connectivity index is 1.81. The van der Waals surface area contributed by atoms with E-state index in [1.165, 1.54) is 5.56 Å². The fourth-order valence-corrected chi connectivity index (χ4v) is 2.00. The van der Waals surface area contributed by atoms with Crippen molar-refractivity contribution in [2.75, 3.05) is 0 Å². The molecule has 0 saturated carbocycles. The van der Waals surface area contributed by atoms with Gasteiger partial charge in [-0.25, -0.2) is 0 Å². The highest BCUT2D eigenvalue weighted by molar-refractivity contribution is 5.81. The van der Waals surface area contributed by atoms with Gasteiger partial charge >= 0.3 is 0 Å². The summed E-state index contributed by atoms with van der Waals surface area (Å²) in [5.74, 6) is 1.71. The third-order valence-corrected chi connectivity index (χ3v) is 2.95. The molecule has 0 spiro atoms. The molecule has 18 heavy (non-hydrogen) atoms. The molecule has 90 valence electrons. The van der Waals surface area contributed by atoms with Crippen LogP contribution in [0.3, 0.4) is 0 Å². The molecule has 1 heterocycles. The summed E-state index contributed by atoms with van der Waals surface area (Å²) >= 11 is 0. The Morgan fingerprint density at radius 2 is 1.83 bits per heavy atom. The lowest BCUT2D eigenvalue weighted by atomic mass is 10.1. The summed E-state index contributed by atoms with van der Waals surface area (Å²) in [6, 6.07) is 17.9. The van der Waals surface area contributed by atoms with Crippen molar-refractivity contribution >= 4 is 11.0 Å². The topological polar surface area (TPSA) is 22.4 Å². The average molecular weight is 238 g/mol. The molecule has 0 fully saturated rings. The van der Waals surface area contributed by atoms with Gasteiger partial charge in [-0.1, -0.05) is 30.3 Å². The summed E-state index contributed by atoms with van der Waals surface area (Å²) in [6.07, 6.45) is 0. The second-order valence-corrected chi connectivity index (χ2v) is 4.30. The second-order valence-electron chi connectivity index (χ2n) is 4.30. The third-order valence-electron chi connectivity index (χ3n) is 2.95. The van der Waals surface area contributed by atoms with E-state index >= 15 is 0 Å². The van der Waals surface area contributed by atoms with E-state index < -0.39 is 0 Å². The van der Waals surface area contributed by atoms with Gasteiger partial charge in [0.2, 0.25) is 0 Å². The summed E-state index contributed by atoms with van der Waals surface area (Å²) in [7, 11) is 0. The van der Waals surface area contributed by atoms with Crippen molar-refractivity contribution in [1.29, 1.82) is 0 Å². The fraction of sp³-hybridized carbons (Fsp3) is 0.125. The molecule has 0 saturated heterocycles. The van der Waals surface area contributed by atoms with Crippen molar-refractivity contribution < 1.29 is 9.15 Å². The van der Waals surface area contributed by atoms with E-state index in [-0.39, 0.29) is 0 Å². The molecular weight excluding hydrogens is 224 g/mol. The Kier molecular flexibility index (Phi) is 2.77. The highest BCUT2D eigenvalue weighted by Gasteiger charge is 2.05. The van der Waals surface area contributed by atoms with Crippen LogP contribution in [0.2, 0.25) is 0 Å². The average Bonchev–Trinajstić information content (AvgIpc) is 2.82. The molecule has 0 aliphatic rings. The van der Waals surface area contributed by atoms with E-state index in [1.54, 1.807) is 0 Å². The number of para-hydroxylation sites is 1. The Morgan fingerprint density at radius 1 is 1.00 bits per heavy atom. The molecule has 2 heteroatoms. The van der Waals surface area contributed by atoms with Gasteiger partial charge in [-0.2, -0.15) is 0 Å². The summed E-state index contributed by atoms with van der Waals surface area (Å²) < 4.78 is 11.4. The van der Waals surface area contributed by atoms with Gasteiger partial charge in [0.25, 0.3) is 0 Å². The minimum atomic E-state index is 0.456. The molecule has 0 bridgehead atoms. The van der Waals surface area contributed by atoms with E-state index in [1.807, 2.05) is 48.5 Å². The van der Waals surface area contributed by atoms with E-state index in [2.05, 4.69) is 13.0 Å². The number of hydrogen-bond donors (Lipinski definition) is 0. The first-order valence-electron chi connectivity index (χ1n) is 5.99. The molecule has 0 N–H and O–H groups in total. The molecule has 3 rings (SSSR count). The zero-order valence-corrected chi connectivity index (χ0v) is 10.2. The predicted octanol–water partition coefficient (Wildman–Crippen LogP) is 4.32. The Bertz CT molecular complexity index is 653. The molecule has 2 nitrogen and oxygen atoms in total. The molecule has 0 radical (unpaired) electrons. The van der Waals surface area contributed by atoms with Gasteiger partial charge in [0.15, 0.2) is 0 Å². The second kappa shape index (κ2) is 4.57. The Morgan fingerprint density at radius 3 is 2.61 bits per heavy atom. The van der Waals surface area contributed by atoms with Gasteiger partial charge in [-0.3, -0.25) is 0 Å².